The van der Waals surface area contributed by atoms with Gasteiger partial charge in [0.05, 0.1) is 5.75 Å². The van der Waals surface area contributed by atoms with Crippen LogP contribution in [0.3, 0.4) is 0 Å². The summed E-state index contributed by atoms with van der Waals surface area (Å²) in [6.07, 6.45) is 0.727. The molecule has 7 heteroatoms. The third kappa shape index (κ3) is 5.26. The zero-order chi connectivity index (χ0) is 21.1. The number of nitrogens with zero attached hydrogens (tertiary/aromatic N) is 2. The number of carbonyl (C=O) groups is 1. The predicted octanol–water partition coefficient (Wildman–Crippen LogP) is 3.16. The molecule has 28 heavy (non-hydrogen) atoms. The summed E-state index contributed by atoms with van der Waals surface area (Å²) in [7, 11) is -1.57. The maximum atomic E-state index is 12.8. The van der Waals surface area contributed by atoms with Gasteiger partial charge in [-0.05, 0) is 62.8 Å². The zero-order valence-electron chi connectivity index (χ0n) is 17.9. The second-order valence-electron chi connectivity index (χ2n) is 7.91. The number of ether oxygens (including phenoxy) is 1. The number of likely N-dealkylation sites (tertiary alicyclic amines) is 1. The summed E-state index contributed by atoms with van der Waals surface area (Å²) in [5.74, 6) is 1.20. The molecule has 1 heterocycles. The van der Waals surface area contributed by atoms with Crippen molar-refractivity contribution in [3.05, 3.63) is 29.3 Å². The smallest absolute Gasteiger partial charge is 0.263 e. The summed E-state index contributed by atoms with van der Waals surface area (Å²) in [6, 6.07) is 5.91. The van der Waals surface area contributed by atoms with Crippen LogP contribution in [0.25, 0.3) is 0 Å². The van der Waals surface area contributed by atoms with Crippen LogP contribution in [-0.2, 0) is 14.8 Å². The molecule has 1 aromatic rings. The van der Waals surface area contributed by atoms with Gasteiger partial charge in [0.1, 0.15) is 5.75 Å². The quantitative estimate of drug-likeness (QED) is 0.692. The average molecular weight is 411 g/mol. The van der Waals surface area contributed by atoms with E-state index < -0.39 is 16.1 Å². The number of sulfonamides is 1. The minimum atomic E-state index is -3.20. The van der Waals surface area contributed by atoms with Gasteiger partial charge in [-0.1, -0.05) is 19.9 Å². The lowest BCUT2D eigenvalue weighted by Gasteiger charge is -2.37. The fraction of sp³-hybridized carbons (Fsp3) is 0.667. The van der Waals surface area contributed by atoms with E-state index in [1.54, 1.807) is 25.8 Å². The Balaban J connectivity index is 1.93. The highest BCUT2D eigenvalue weighted by molar-refractivity contribution is 7.89. The Kier molecular flexibility index (Phi) is 7.51. The van der Waals surface area contributed by atoms with E-state index in [1.807, 2.05) is 12.1 Å². The van der Waals surface area contributed by atoms with Gasteiger partial charge in [-0.2, -0.15) is 0 Å². The van der Waals surface area contributed by atoms with Crippen molar-refractivity contribution in [3.8, 4) is 5.75 Å². The fourth-order valence-electron chi connectivity index (χ4n) is 3.76. The van der Waals surface area contributed by atoms with E-state index in [2.05, 4.69) is 26.8 Å². The van der Waals surface area contributed by atoms with Gasteiger partial charge < -0.3 is 9.64 Å². The van der Waals surface area contributed by atoms with E-state index in [1.165, 1.54) is 9.87 Å². The second kappa shape index (κ2) is 9.27. The molecule has 0 bridgehead atoms. The van der Waals surface area contributed by atoms with Gasteiger partial charge in [-0.3, -0.25) is 4.79 Å². The minimum absolute atomic E-state index is 0.0450. The van der Waals surface area contributed by atoms with Crippen LogP contribution in [0.5, 0.6) is 5.75 Å². The van der Waals surface area contributed by atoms with Crippen LogP contribution in [-0.4, -0.2) is 61.6 Å². The molecule has 0 spiro atoms. The molecule has 1 unspecified atom stereocenters. The standard InChI is InChI=1S/C21H34N2O4S/c1-7-28(25,26)22(6)18-10-12-23(13-11-18)21(24)17(5)27-19-8-9-20(15(2)3)16(4)14-19/h8-9,14-15,17-18H,7,10-13H2,1-6H3. The maximum absolute atomic E-state index is 12.8. The SMILES string of the molecule is CCS(=O)(=O)N(C)C1CCN(C(=O)C(C)Oc2ccc(C(C)C)c(C)c2)CC1. The Morgan fingerprint density at radius 1 is 1.25 bits per heavy atom. The number of aryl methyl sites for hydroxylation is 1. The molecule has 0 aliphatic carbocycles. The zero-order valence-corrected chi connectivity index (χ0v) is 18.8. The molecule has 0 radical (unpaired) electrons. The van der Waals surface area contributed by atoms with Crippen molar-refractivity contribution in [3.63, 3.8) is 0 Å². The Morgan fingerprint density at radius 3 is 2.36 bits per heavy atom. The third-order valence-corrected chi connectivity index (χ3v) is 7.52. The van der Waals surface area contributed by atoms with Crippen molar-refractivity contribution < 1.29 is 17.9 Å². The van der Waals surface area contributed by atoms with E-state index in [0.717, 1.165) is 5.56 Å². The second-order valence-corrected chi connectivity index (χ2v) is 10.2. The van der Waals surface area contributed by atoms with Crippen molar-refractivity contribution in [1.82, 2.24) is 9.21 Å². The number of benzene rings is 1. The monoisotopic (exact) mass is 410 g/mol. The van der Waals surface area contributed by atoms with Crippen molar-refractivity contribution in [2.24, 2.45) is 0 Å². The first-order valence-corrected chi connectivity index (χ1v) is 11.7. The maximum Gasteiger partial charge on any atom is 0.263 e. The number of hydrogen-bond donors (Lipinski definition) is 0. The molecular formula is C21H34N2O4S. The Labute approximate surface area is 169 Å². The van der Waals surface area contributed by atoms with Crippen LogP contribution in [0.4, 0.5) is 0 Å². The molecule has 1 amide bonds. The van der Waals surface area contributed by atoms with Crippen molar-refractivity contribution in [2.75, 3.05) is 25.9 Å². The Hall–Kier alpha value is -1.60. The molecule has 1 fully saturated rings. The van der Waals surface area contributed by atoms with Crippen LogP contribution in [0.15, 0.2) is 18.2 Å². The molecule has 1 aliphatic heterocycles. The first kappa shape index (κ1) is 22.7. The predicted molar refractivity (Wildman–Crippen MR) is 112 cm³/mol. The summed E-state index contributed by atoms with van der Waals surface area (Å²) >= 11 is 0. The minimum Gasteiger partial charge on any atom is -0.481 e. The number of piperidine rings is 1. The molecule has 0 aromatic heterocycles. The molecule has 0 N–H and O–H groups in total. The molecule has 1 atom stereocenters. The normalized spacial score (nSPS) is 17.2. The molecule has 1 aliphatic rings. The topological polar surface area (TPSA) is 66.9 Å². The summed E-state index contributed by atoms with van der Waals surface area (Å²) in [5, 5.41) is 0. The molecule has 0 saturated carbocycles. The highest BCUT2D eigenvalue weighted by Gasteiger charge is 2.32. The van der Waals surface area contributed by atoms with Crippen molar-refractivity contribution >= 4 is 15.9 Å². The molecule has 1 aromatic carbocycles. The van der Waals surface area contributed by atoms with Gasteiger partial charge in [0.25, 0.3) is 5.91 Å². The third-order valence-electron chi connectivity index (χ3n) is 5.62. The number of hydrogen-bond acceptors (Lipinski definition) is 4. The lowest BCUT2D eigenvalue weighted by molar-refractivity contribution is -0.139. The first-order chi connectivity index (χ1) is 13.1. The summed E-state index contributed by atoms with van der Waals surface area (Å²) < 4.78 is 31.4. The van der Waals surface area contributed by atoms with E-state index in [9.17, 15) is 13.2 Å². The summed E-state index contributed by atoms with van der Waals surface area (Å²) in [5.41, 5.74) is 2.44. The van der Waals surface area contributed by atoms with Crippen LogP contribution in [0.1, 0.15) is 57.6 Å². The molecule has 158 valence electrons. The fourth-order valence-corrected chi connectivity index (χ4v) is 4.83. The van der Waals surface area contributed by atoms with Gasteiger partial charge in [0.15, 0.2) is 6.10 Å². The van der Waals surface area contributed by atoms with Crippen LogP contribution >= 0.6 is 0 Å². The van der Waals surface area contributed by atoms with Gasteiger partial charge >= 0.3 is 0 Å². The van der Waals surface area contributed by atoms with Gasteiger partial charge in [0, 0.05) is 26.2 Å². The molecule has 6 nitrogen and oxygen atoms in total. The number of rotatable bonds is 7. The average Bonchev–Trinajstić information content (AvgIpc) is 2.66. The van der Waals surface area contributed by atoms with Gasteiger partial charge in [0.2, 0.25) is 10.0 Å². The Morgan fingerprint density at radius 2 is 1.86 bits per heavy atom. The van der Waals surface area contributed by atoms with E-state index >= 15 is 0 Å². The lowest BCUT2D eigenvalue weighted by Crippen LogP contribution is -2.50. The first-order valence-electron chi connectivity index (χ1n) is 10.1. The van der Waals surface area contributed by atoms with E-state index in [0.29, 0.717) is 37.6 Å². The van der Waals surface area contributed by atoms with Crippen LogP contribution < -0.4 is 4.74 Å². The molecular weight excluding hydrogens is 376 g/mol. The van der Waals surface area contributed by atoms with Crippen molar-refractivity contribution in [1.29, 1.82) is 0 Å². The van der Waals surface area contributed by atoms with Crippen molar-refractivity contribution in [2.45, 2.75) is 65.5 Å². The summed E-state index contributed by atoms with van der Waals surface area (Å²) in [4.78, 5) is 14.5. The highest BCUT2D eigenvalue weighted by Crippen LogP contribution is 2.25. The molecule has 2 rings (SSSR count). The summed E-state index contributed by atoms with van der Waals surface area (Å²) in [6.45, 7) is 10.9. The molecule has 1 saturated heterocycles. The van der Waals surface area contributed by atoms with Crippen LogP contribution in [0, 0.1) is 6.92 Å². The van der Waals surface area contributed by atoms with E-state index in [-0.39, 0.29) is 17.7 Å². The Bertz CT molecular complexity index is 784. The lowest BCUT2D eigenvalue weighted by atomic mass is 9.98. The highest BCUT2D eigenvalue weighted by atomic mass is 32.2. The van der Waals surface area contributed by atoms with Gasteiger partial charge in [-0.25, -0.2) is 12.7 Å². The largest absolute Gasteiger partial charge is 0.481 e. The van der Waals surface area contributed by atoms with Gasteiger partial charge in [-0.15, -0.1) is 0 Å². The van der Waals surface area contributed by atoms with Crippen LogP contribution in [0.2, 0.25) is 0 Å². The number of amides is 1. The number of carbonyl (C=O) groups excluding carboxylic acids is 1. The van der Waals surface area contributed by atoms with E-state index in [4.69, 9.17) is 4.74 Å².